The number of nitrogens with one attached hydrogen (secondary N) is 1. The normalized spacial score (nSPS) is 31.7. The highest BCUT2D eigenvalue weighted by Gasteiger charge is 2.49. The van der Waals surface area contributed by atoms with E-state index < -0.39 is 26.8 Å². The van der Waals surface area contributed by atoms with Gasteiger partial charge in [0, 0.05) is 69.6 Å². The van der Waals surface area contributed by atoms with Crippen molar-refractivity contribution in [1.29, 1.82) is 0 Å². The van der Waals surface area contributed by atoms with E-state index in [2.05, 4.69) is 31.6 Å². The molecule has 296 valence electrons. The smallest absolute Gasteiger partial charge is 0.264 e. The second-order valence-electron chi connectivity index (χ2n) is 16.5. The van der Waals surface area contributed by atoms with Crippen molar-refractivity contribution in [3.8, 4) is 5.75 Å². The minimum Gasteiger partial charge on any atom is -0.487 e. The van der Waals surface area contributed by atoms with Gasteiger partial charge in [-0.05, 0) is 124 Å². The first kappa shape index (κ1) is 39.6. The largest absolute Gasteiger partial charge is 0.487 e. The molecule has 2 saturated heterocycles. The number of allylic oxidation sites excluding steroid dienone is 1. The van der Waals surface area contributed by atoms with Crippen molar-refractivity contribution < 1.29 is 27.8 Å². The topological polar surface area (TPSA) is 112 Å². The Bertz CT molecular complexity index is 1770. The number of carbonyl (C=O) groups is 1. The lowest BCUT2D eigenvalue weighted by Gasteiger charge is -2.53. The fraction of sp³-hybridized carbons (Fsp3) is 0.643. The molecule has 4 aliphatic heterocycles. The number of nitrogens with zero attached hydrogens (tertiary/aromatic N) is 3. The molecule has 5 aliphatic rings. The summed E-state index contributed by atoms with van der Waals surface area (Å²) in [6, 6.07) is 11.8. The average Bonchev–Trinajstić information content (AvgIpc) is 3.17. The molecule has 1 saturated carbocycles. The number of ether oxygens (including phenoxy) is 2. The van der Waals surface area contributed by atoms with Crippen molar-refractivity contribution in [3.63, 3.8) is 0 Å². The predicted molar refractivity (Wildman–Crippen MR) is 214 cm³/mol. The van der Waals surface area contributed by atoms with Crippen molar-refractivity contribution in [1.82, 2.24) is 14.5 Å². The number of amides is 1. The first-order valence-corrected chi connectivity index (χ1v) is 22.2. The number of halogens is 1. The van der Waals surface area contributed by atoms with Gasteiger partial charge in [-0.15, -0.1) is 0 Å². The van der Waals surface area contributed by atoms with Gasteiger partial charge in [-0.1, -0.05) is 43.2 Å². The van der Waals surface area contributed by atoms with Gasteiger partial charge < -0.3 is 19.5 Å². The molecule has 6 atom stereocenters. The molecule has 12 heteroatoms. The van der Waals surface area contributed by atoms with E-state index in [4.69, 9.17) is 21.1 Å². The Morgan fingerprint density at radius 3 is 2.65 bits per heavy atom. The highest BCUT2D eigenvalue weighted by Crippen LogP contribution is 2.47. The molecule has 2 bridgehead atoms. The number of aliphatic hydroxyl groups is 1. The van der Waals surface area contributed by atoms with Crippen molar-refractivity contribution >= 4 is 33.2 Å². The number of methoxy groups -OCH3 is 1. The van der Waals surface area contributed by atoms with Crippen LogP contribution >= 0.6 is 11.6 Å². The summed E-state index contributed by atoms with van der Waals surface area (Å²) >= 11 is 6.42. The van der Waals surface area contributed by atoms with Gasteiger partial charge in [-0.3, -0.25) is 14.6 Å². The van der Waals surface area contributed by atoms with Gasteiger partial charge in [-0.2, -0.15) is 0 Å². The number of aliphatic hydroxyl groups excluding tert-OH is 1. The summed E-state index contributed by atoms with van der Waals surface area (Å²) in [4.78, 5) is 21.4. The van der Waals surface area contributed by atoms with Crippen LogP contribution in [0.3, 0.4) is 0 Å². The van der Waals surface area contributed by atoms with E-state index in [0.29, 0.717) is 35.8 Å². The molecule has 1 amide bonds. The highest BCUT2D eigenvalue weighted by atomic mass is 35.5. The summed E-state index contributed by atoms with van der Waals surface area (Å²) < 4.78 is 43.4. The molecular formula is C42H59ClN4O6S. The lowest BCUT2D eigenvalue weighted by molar-refractivity contribution is -0.1000. The minimum absolute atomic E-state index is 0.0297. The lowest BCUT2D eigenvalue weighted by atomic mass is 9.63. The molecule has 3 fully saturated rings. The number of anilines is 1. The predicted octanol–water partition coefficient (Wildman–Crippen LogP) is 6.05. The number of hydrogen-bond donors (Lipinski definition) is 2. The molecule has 2 N–H and O–H groups in total. The molecule has 54 heavy (non-hydrogen) atoms. The molecule has 1 aliphatic carbocycles. The zero-order chi connectivity index (χ0) is 37.9. The second kappa shape index (κ2) is 17.2. The van der Waals surface area contributed by atoms with Crippen molar-refractivity contribution in [2.75, 3.05) is 64.4 Å². The van der Waals surface area contributed by atoms with Gasteiger partial charge in [0.05, 0.1) is 10.9 Å². The lowest BCUT2D eigenvalue weighted by Crippen LogP contribution is -2.61. The summed E-state index contributed by atoms with van der Waals surface area (Å²) in [6.45, 7) is 8.58. The van der Waals surface area contributed by atoms with E-state index >= 15 is 0 Å². The molecule has 2 aromatic carbocycles. The van der Waals surface area contributed by atoms with Crippen LogP contribution in [0.4, 0.5) is 5.69 Å². The Labute approximate surface area is 327 Å². The summed E-state index contributed by atoms with van der Waals surface area (Å²) in [5.41, 5.74) is 2.76. The van der Waals surface area contributed by atoms with Gasteiger partial charge >= 0.3 is 0 Å². The molecule has 0 aromatic heterocycles. The molecule has 0 radical (unpaired) electrons. The number of rotatable bonds is 5. The third-order valence-corrected chi connectivity index (χ3v) is 15.3. The molecule has 2 aromatic rings. The standard InChI is InChI=1S/C42H59ClN4O6S/c1-30-8-7-18-42(52-2,29-45-21-22-46-19-6-4-10-36(46)27-45)37-15-12-33(37)26-47-20-5-3-9-31-24-35(43)14-11-34(31)28-53-39-16-13-32(25-38(39)47)41(49)44-54(50,51)40(30)17-23-48/h7,11,13-14,16,18,24-25,30,33,36-37,40,48H,3-6,8-10,12,15,17,19-23,26-29H2,1-2H3,(H,44,49)/b18-7+/t30-,33-,36+,37+,40+,42-/m0/s1. The number of aryl methyl sites for hydroxylation is 1. The highest BCUT2D eigenvalue weighted by molar-refractivity contribution is 7.90. The minimum atomic E-state index is -4.13. The van der Waals surface area contributed by atoms with Crippen molar-refractivity contribution in [2.24, 2.45) is 17.8 Å². The Balaban J connectivity index is 1.26. The molecule has 0 unspecified atom stereocenters. The van der Waals surface area contributed by atoms with E-state index in [9.17, 15) is 18.3 Å². The van der Waals surface area contributed by atoms with E-state index in [-0.39, 0.29) is 30.4 Å². The maximum Gasteiger partial charge on any atom is 0.264 e. The molecular weight excluding hydrogens is 724 g/mol. The molecule has 7 rings (SSSR count). The first-order valence-electron chi connectivity index (χ1n) is 20.2. The summed E-state index contributed by atoms with van der Waals surface area (Å²) in [6.07, 6.45) is 13.6. The number of fused-ring (bicyclic) bond motifs is 4. The van der Waals surface area contributed by atoms with Crippen LogP contribution < -0.4 is 14.4 Å². The summed E-state index contributed by atoms with van der Waals surface area (Å²) in [5.74, 6) is 0.221. The van der Waals surface area contributed by atoms with Crippen LogP contribution in [0.25, 0.3) is 0 Å². The van der Waals surface area contributed by atoms with Crippen LogP contribution in [0.2, 0.25) is 5.02 Å². The van der Waals surface area contributed by atoms with Crippen LogP contribution in [-0.2, 0) is 27.8 Å². The SMILES string of the molecule is CO[C@]1(CN2CCN3CCCC[C@@H]3C2)/C=C/C[C@H](C)[C@@H](CCO)S(=O)(=O)NC(=O)c2ccc3c(c2)N(CCCCc2cc(Cl)ccc2CO3)C[C@@H]2CC[C@H]21. The number of piperidine rings is 1. The van der Waals surface area contributed by atoms with Gasteiger partial charge in [0.25, 0.3) is 5.91 Å². The Kier molecular flexibility index (Phi) is 12.6. The third-order valence-electron chi connectivity index (χ3n) is 13.1. The van der Waals surface area contributed by atoms with Crippen LogP contribution in [0.15, 0.2) is 48.6 Å². The van der Waals surface area contributed by atoms with Crippen LogP contribution in [0.1, 0.15) is 86.2 Å². The number of benzene rings is 2. The number of carbonyl (C=O) groups excluding carboxylic acids is 1. The number of piperazine rings is 1. The van der Waals surface area contributed by atoms with Gasteiger partial charge in [0.2, 0.25) is 10.0 Å². The number of sulfonamides is 1. The van der Waals surface area contributed by atoms with E-state index in [0.717, 1.165) is 82.6 Å². The molecule has 0 spiro atoms. The van der Waals surface area contributed by atoms with E-state index in [1.54, 1.807) is 18.2 Å². The zero-order valence-electron chi connectivity index (χ0n) is 32.1. The van der Waals surface area contributed by atoms with Gasteiger partial charge in [-0.25, -0.2) is 13.1 Å². The second-order valence-corrected chi connectivity index (χ2v) is 18.8. The van der Waals surface area contributed by atoms with Crippen LogP contribution in [0.5, 0.6) is 5.75 Å². The summed E-state index contributed by atoms with van der Waals surface area (Å²) in [7, 11) is -2.28. The van der Waals surface area contributed by atoms with E-state index in [1.807, 2.05) is 32.2 Å². The van der Waals surface area contributed by atoms with Crippen molar-refractivity contribution in [3.05, 3.63) is 70.3 Å². The zero-order valence-corrected chi connectivity index (χ0v) is 33.6. The van der Waals surface area contributed by atoms with Crippen LogP contribution in [0, 0.1) is 17.8 Å². The van der Waals surface area contributed by atoms with Crippen LogP contribution in [-0.4, -0.2) is 106 Å². The fourth-order valence-corrected chi connectivity index (χ4v) is 11.7. The number of hydrogen-bond acceptors (Lipinski definition) is 9. The maximum absolute atomic E-state index is 13.9. The molecule has 4 heterocycles. The van der Waals surface area contributed by atoms with Crippen molar-refractivity contribution in [2.45, 2.75) is 94.6 Å². The fourth-order valence-electron chi connectivity index (χ4n) is 9.85. The first-order chi connectivity index (χ1) is 26.1. The third kappa shape index (κ3) is 8.66. The maximum atomic E-state index is 13.9. The quantitative estimate of drug-likeness (QED) is 0.351. The average molecular weight is 783 g/mol. The monoisotopic (exact) mass is 782 g/mol. The Hall–Kier alpha value is -2.67. The Morgan fingerprint density at radius 2 is 1.85 bits per heavy atom. The Morgan fingerprint density at radius 1 is 1.00 bits per heavy atom. The summed E-state index contributed by atoms with van der Waals surface area (Å²) in [5, 5.41) is 9.73. The van der Waals surface area contributed by atoms with Gasteiger partial charge in [0.15, 0.2) is 0 Å². The molecule has 10 nitrogen and oxygen atoms in total. The van der Waals surface area contributed by atoms with E-state index in [1.165, 1.54) is 31.4 Å². The van der Waals surface area contributed by atoms with Gasteiger partial charge in [0.1, 0.15) is 18.0 Å².